The van der Waals surface area contributed by atoms with Crippen LogP contribution in [-0.4, -0.2) is 16.9 Å². The summed E-state index contributed by atoms with van der Waals surface area (Å²) in [6.45, 7) is 2.14. The van der Waals surface area contributed by atoms with Gasteiger partial charge in [-0.2, -0.15) is 5.10 Å². The van der Waals surface area contributed by atoms with Crippen LogP contribution in [0.3, 0.4) is 0 Å². The first-order chi connectivity index (χ1) is 10.4. The van der Waals surface area contributed by atoms with Crippen LogP contribution in [0.2, 0.25) is 0 Å². The minimum absolute atomic E-state index is 0.0334. The number of hydrogen-bond acceptors (Lipinski definition) is 3. The van der Waals surface area contributed by atoms with Crippen molar-refractivity contribution in [1.29, 1.82) is 0 Å². The number of hydrogen-bond donors (Lipinski definition) is 0. The summed E-state index contributed by atoms with van der Waals surface area (Å²) in [5.41, 5.74) is 3.61. The molecule has 0 saturated carbocycles. The van der Waals surface area contributed by atoms with Crippen molar-refractivity contribution in [3.8, 4) is 5.75 Å². The van der Waals surface area contributed by atoms with Crippen molar-refractivity contribution in [1.82, 2.24) is 5.01 Å². The lowest BCUT2D eigenvalue weighted by molar-refractivity contribution is -0.0188. The molecule has 3 heteroatoms. The van der Waals surface area contributed by atoms with E-state index in [9.17, 15) is 0 Å². The quantitative estimate of drug-likeness (QED) is 0.830. The van der Waals surface area contributed by atoms with Gasteiger partial charge in [-0.1, -0.05) is 55.5 Å². The zero-order valence-corrected chi connectivity index (χ0v) is 12.1. The van der Waals surface area contributed by atoms with Crippen molar-refractivity contribution in [2.75, 3.05) is 0 Å². The van der Waals surface area contributed by atoms with Gasteiger partial charge in [-0.15, -0.1) is 0 Å². The third-order valence-corrected chi connectivity index (χ3v) is 4.23. The second-order valence-electron chi connectivity index (χ2n) is 5.53. The van der Waals surface area contributed by atoms with Gasteiger partial charge in [-0.3, -0.25) is 5.01 Å². The molecular weight excluding hydrogens is 260 g/mol. The van der Waals surface area contributed by atoms with E-state index in [1.54, 1.807) is 0 Å². The zero-order chi connectivity index (χ0) is 14.2. The molecule has 2 heterocycles. The number of para-hydroxylation sites is 1. The van der Waals surface area contributed by atoms with E-state index in [2.05, 4.69) is 54.4 Å². The molecule has 2 aliphatic rings. The van der Waals surface area contributed by atoms with Gasteiger partial charge < -0.3 is 4.74 Å². The Morgan fingerprint density at radius 3 is 2.67 bits per heavy atom. The molecule has 2 aromatic rings. The van der Waals surface area contributed by atoms with Gasteiger partial charge in [0.25, 0.3) is 0 Å². The fourth-order valence-electron chi connectivity index (χ4n) is 3.18. The second kappa shape index (κ2) is 4.92. The first kappa shape index (κ1) is 12.5. The third kappa shape index (κ3) is 2.00. The van der Waals surface area contributed by atoms with Crippen molar-refractivity contribution < 1.29 is 4.74 Å². The Balaban J connectivity index is 1.74. The number of nitrogens with zero attached hydrogens (tertiary/aromatic N) is 2. The monoisotopic (exact) mass is 278 g/mol. The molecule has 4 rings (SSSR count). The van der Waals surface area contributed by atoms with Gasteiger partial charge in [0.2, 0.25) is 0 Å². The minimum atomic E-state index is 0.0334. The molecule has 0 fully saturated rings. The lowest BCUT2D eigenvalue weighted by Gasteiger charge is -2.37. The van der Waals surface area contributed by atoms with E-state index in [1.165, 1.54) is 11.1 Å². The van der Waals surface area contributed by atoms with Crippen LogP contribution in [0.4, 0.5) is 0 Å². The van der Waals surface area contributed by atoms with Crippen LogP contribution >= 0.6 is 0 Å². The highest BCUT2D eigenvalue weighted by Gasteiger charge is 2.39. The summed E-state index contributed by atoms with van der Waals surface area (Å²) < 4.78 is 6.10. The molecule has 21 heavy (non-hydrogen) atoms. The molecule has 2 atom stereocenters. The molecule has 0 N–H and O–H groups in total. The highest BCUT2D eigenvalue weighted by molar-refractivity contribution is 6.01. The van der Waals surface area contributed by atoms with E-state index in [0.717, 1.165) is 24.3 Å². The van der Waals surface area contributed by atoms with Crippen molar-refractivity contribution in [3.05, 3.63) is 65.7 Å². The maximum atomic E-state index is 6.10. The largest absolute Gasteiger partial charge is 0.469 e. The van der Waals surface area contributed by atoms with E-state index < -0.39 is 0 Å². The molecule has 0 saturated heterocycles. The maximum Gasteiger partial charge on any atom is 0.187 e. The van der Waals surface area contributed by atoms with Crippen LogP contribution in [0.15, 0.2) is 59.7 Å². The van der Waals surface area contributed by atoms with Crippen LogP contribution in [-0.2, 0) is 0 Å². The fraction of sp³-hybridized carbons (Fsp3) is 0.278. The first-order valence-electron chi connectivity index (χ1n) is 7.53. The highest BCUT2D eigenvalue weighted by Crippen LogP contribution is 2.43. The average molecular weight is 278 g/mol. The first-order valence-corrected chi connectivity index (χ1v) is 7.53. The summed E-state index contributed by atoms with van der Waals surface area (Å²) in [5.74, 6) is 1.01. The zero-order valence-electron chi connectivity index (χ0n) is 12.1. The van der Waals surface area contributed by atoms with E-state index in [-0.39, 0.29) is 6.23 Å². The van der Waals surface area contributed by atoms with Crippen molar-refractivity contribution in [3.63, 3.8) is 0 Å². The van der Waals surface area contributed by atoms with Crippen LogP contribution in [0.25, 0.3) is 0 Å². The molecule has 0 bridgehead atoms. The summed E-state index contributed by atoms with van der Waals surface area (Å²) in [6, 6.07) is 19.1. The average Bonchev–Trinajstić information content (AvgIpc) is 3.00. The number of fused-ring (bicyclic) bond motifs is 3. The van der Waals surface area contributed by atoms with Crippen LogP contribution < -0.4 is 4.74 Å². The normalized spacial score (nSPS) is 23.1. The van der Waals surface area contributed by atoms with Gasteiger partial charge in [0.1, 0.15) is 5.75 Å². The minimum Gasteiger partial charge on any atom is -0.469 e. The van der Waals surface area contributed by atoms with Gasteiger partial charge >= 0.3 is 0 Å². The Labute approximate surface area is 124 Å². The SMILES string of the molecule is CCC1Oc2ccccc2C2CC(c3ccccc3)=NN12. The molecule has 0 radical (unpaired) electrons. The van der Waals surface area contributed by atoms with Crippen molar-refractivity contribution in [2.24, 2.45) is 5.10 Å². The molecule has 0 amide bonds. The third-order valence-electron chi connectivity index (χ3n) is 4.23. The molecule has 2 aliphatic heterocycles. The van der Waals surface area contributed by atoms with E-state index >= 15 is 0 Å². The molecule has 0 spiro atoms. The van der Waals surface area contributed by atoms with Gasteiger partial charge in [-0.05, 0) is 11.6 Å². The molecular formula is C18H18N2O. The van der Waals surface area contributed by atoms with E-state index in [1.807, 2.05) is 12.1 Å². The van der Waals surface area contributed by atoms with Gasteiger partial charge in [0, 0.05) is 18.4 Å². The molecule has 3 nitrogen and oxygen atoms in total. The Morgan fingerprint density at radius 1 is 1.10 bits per heavy atom. The van der Waals surface area contributed by atoms with Crippen LogP contribution in [0.1, 0.15) is 36.9 Å². The smallest absolute Gasteiger partial charge is 0.187 e. The van der Waals surface area contributed by atoms with Gasteiger partial charge in [0.15, 0.2) is 6.23 Å². The summed E-state index contributed by atoms with van der Waals surface area (Å²) in [7, 11) is 0. The number of rotatable bonds is 2. The predicted molar refractivity (Wildman–Crippen MR) is 83.3 cm³/mol. The molecule has 2 aromatic carbocycles. The standard InChI is InChI=1S/C18H18N2O/c1-2-18-20-16(14-10-6-7-11-17(14)21-18)12-15(19-20)13-8-4-3-5-9-13/h3-11,16,18H,2,12H2,1H3. The summed E-state index contributed by atoms with van der Waals surface area (Å²) in [6.07, 6.45) is 1.91. The van der Waals surface area contributed by atoms with Crippen LogP contribution in [0.5, 0.6) is 5.75 Å². The predicted octanol–water partition coefficient (Wildman–Crippen LogP) is 3.97. The van der Waals surface area contributed by atoms with Crippen molar-refractivity contribution >= 4 is 5.71 Å². The molecule has 2 unspecified atom stereocenters. The highest BCUT2D eigenvalue weighted by atomic mass is 16.5. The van der Waals surface area contributed by atoms with Gasteiger partial charge in [-0.25, -0.2) is 0 Å². The Kier molecular flexibility index (Phi) is 2.92. The lowest BCUT2D eigenvalue weighted by Crippen LogP contribution is -2.39. The number of benzene rings is 2. The van der Waals surface area contributed by atoms with Gasteiger partial charge in [0.05, 0.1) is 11.8 Å². The van der Waals surface area contributed by atoms with E-state index in [0.29, 0.717) is 6.04 Å². The molecule has 106 valence electrons. The summed E-state index contributed by atoms with van der Waals surface area (Å²) in [4.78, 5) is 0. The molecule has 0 aliphatic carbocycles. The topological polar surface area (TPSA) is 24.8 Å². The Bertz CT molecular complexity index is 681. The lowest BCUT2D eigenvalue weighted by atomic mass is 9.96. The maximum absolute atomic E-state index is 6.10. The van der Waals surface area contributed by atoms with E-state index in [4.69, 9.17) is 9.84 Å². The Morgan fingerprint density at radius 2 is 1.86 bits per heavy atom. The molecule has 0 aromatic heterocycles. The second-order valence-corrected chi connectivity index (χ2v) is 5.53. The summed E-state index contributed by atoms with van der Waals surface area (Å²) in [5, 5.41) is 7.00. The number of hydrazone groups is 1. The van der Waals surface area contributed by atoms with Crippen molar-refractivity contribution in [2.45, 2.75) is 32.0 Å². The Hall–Kier alpha value is -2.29. The van der Waals surface area contributed by atoms with Crippen LogP contribution in [0, 0.1) is 0 Å². The number of ether oxygens (including phenoxy) is 1. The summed E-state index contributed by atoms with van der Waals surface area (Å²) >= 11 is 0. The fourth-order valence-corrected chi connectivity index (χ4v) is 3.18.